The Morgan fingerprint density at radius 3 is 2.74 bits per heavy atom. The van der Waals surface area contributed by atoms with Crippen molar-refractivity contribution in [3.05, 3.63) is 60.2 Å². The lowest BCUT2D eigenvalue weighted by atomic mass is 9.76. The zero-order valence-corrected chi connectivity index (χ0v) is 14.7. The van der Waals surface area contributed by atoms with E-state index in [-0.39, 0.29) is 11.9 Å². The van der Waals surface area contributed by atoms with Crippen molar-refractivity contribution >= 4 is 5.91 Å². The Balaban J connectivity index is 1.40. The van der Waals surface area contributed by atoms with E-state index in [9.17, 15) is 4.79 Å². The van der Waals surface area contributed by atoms with Gasteiger partial charge in [-0.1, -0.05) is 47.6 Å². The second-order valence-corrected chi connectivity index (χ2v) is 7.01. The van der Waals surface area contributed by atoms with Crippen LogP contribution in [0.3, 0.4) is 0 Å². The number of carbonyl (C=O) groups is 1. The quantitative estimate of drug-likeness (QED) is 0.771. The van der Waals surface area contributed by atoms with Crippen LogP contribution in [-0.4, -0.2) is 34.8 Å². The minimum Gasteiger partial charge on any atom is -0.378 e. The minimum atomic E-state index is -0.111. The summed E-state index contributed by atoms with van der Waals surface area (Å²) in [5.74, 6) is 1.18. The molecule has 2 heterocycles. The average Bonchev–Trinajstić information content (AvgIpc) is 3.34. The molecule has 27 heavy (non-hydrogen) atoms. The summed E-state index contributed by atoms with van der Waals surface area (Å²) in [5.41, 5.74) is 2.06. The van der Waals surface area contributed by atoms with Crippen LogP contribution in [0.25, 0.3) is 22.8 Å². The molecule has 136 valence electrons. The van der Waals surface area contributed by atoms with Gasteiger partial charge in [0.1, 0.15) is 0 Å². The monoisotopic (exact) mass is 361 g/mol. The SMILES string of the molecule is O=C(N[C@H]1C[C@@H]2OCC[C@H]12)c1ccccc1-c1nc(-c2ccccc2)no1. The molecule has 3 atom stereocenters. The van der Waals surface area contributed by atoms with Crippen LogP contribution in [0, 0.1) is 5.92 Å². The van der Waals surface area contributed by atoms with Gasteiger partial charge in [-0.25, -0.2) is 0 Å². The normalized spacial score (nSPS) is 23.5. The largest absolute Gasteiger partial charge is 0.378 e. The fraction of sp³-hybridized carbons (Fsp3) is 0.286. The molecular weight excluding hydrogens is 342 g/mol. The first-order valence-electron chi connectivity index (χ1n) is 9.20. The summed E-state index contributed by atoms with van der Waals surface area (Å²) in [5, 5.41) is 7.20. The molecule has 1 saturated carbocycles. The fourth-order valence-corrected chi connectivity index (χ4v) is 3.91. The second kappa shape index (κ2) is 6.63. The Morgan fingerprint density at radius 1 is 1.07 bits per heavy atom. The van der Waals surface area contributed by atoms with Crippen LogP contribution in [0.5, 0.6) is 0 Å². The summed E-state index contributed by atoms with van der Waals surface area (Å²) >= 11 is 0. The van der Waals surface area contributed by atoms with E-state index in [1.54, 1.807) is 6.07 Å². The lowest BCUT2D eigenvalue weighted by Crippen LogP contribution is -2.53. The van der Waals surface area contributed by atoms with Gasteiger partial charge in [0.25, 0.3) is 11.8 Å². The van der Waals surface area contributed by atoms with E-state index >= 15 is 0 Å². The van der Waals surface area contributed by atoms with Gasteiger partial charge in [0.15, 0.2) is 0 Å². The summed E-state index contributed by atoms with van der Waals surface area (Å²) in [6, 6.07) is 17.1. The van der Waals surface area contributed by atoms with E-state index in [1.807, 2.05) is 48.5 Å². The van der Waals surface area contributed by atoms with Crippen LogP contribution >= 0.6 is 0 Å². The van der Waals surface area contributed by atoms with Crippen molar-refractivity contribution in [2.75, 3.05) is 6.61 Å². The highest BCUT2D eigenvalue weighted by atomic mass is 16.5. The molecule has 3 aromatic rings. The molecule has 1 aliphatic carbocycles. The van der Waals surface area contributed by atoms with E-state index < -0.39 is 0 Å². The van der Waals surface area contributed by atoms with Gasteiger partial charge in [-0.05, 0) is 25.0 Å². The lowest BCUT2D eigenvalue weighted by Gasteiger charge is -2.39. The Morgan fingerprint density at radius 2 is 1.89 bits per heavy atom. The number of carbonyl (C=O) groups excluding carboxylic acids is 1. The van der Waals surface area contributed by atoms with Gasteiger partial charge < -0.3 is 14.6 Å². The van der Waals surface area contributed by atoms with Crippen LogP contribution in [0.2, 0.25) is 0 Å². The Hall–Kier alpha value is -2.99. The first-order valence-corrected chi connectivity index (χ1v) is 9.20. The Labute approximate surface area is 156 Å². The number of rotatable bonds is 4. The predicted octanol–water partition coefficient (Wildman–Crippen LogP) is 3.31. The second-order valence-electron chi connectivity index (χ2n) is 7.01. The maximum atomic E-state index is 12.9. The third-order valence-electron chi connectivity index (χ3n) is 5.44. The number of hydrogen-bond acceptors (Lipinski definition) is 5. The standard InChI is InChI=1S/C21H19N3O3/c25-20(22-17-12-18-16(17)10-11-26-18)14-8-4-5-9-15(14)21-23-19(24-27-21)13-6-2-1-3-7-13/h1-9,16-18H,10-12H2,(H,22,25)/t16-,17+,18+/m1/s1. The van der Waals surface area contributed by atoms with Crippen LogP contribution in [0.15, 0.2) is 59.1 Å². The third kappa shape index (κ3) is 2.92. The molecule has 5 rings (SSSR count). The molecular formula is C21H19N3O3. The third-order valence-corrected chi connectivity index (χ3v) is 5.44. The molecule has 1 aromatic heterocycles. The van der Waals surface area contributed by atoms with Crippen LogP contribution in [0.4, 0.5) is 0 Å². The van der Waals surface area contributed by atoms with Crippen molar-refractivity contribution in [2.24, 2.45) is 5.92 Å². The highest BCUT2D eigenvalue weighted by molar-refractivity contribution is 6.00. The Bertz CT molecular complexity index is 970. The summed E-state index contributed by atoms with van der Waals surface area (Å²) in [7, 11) is 0. The highest BCUT2D eigenvalue weighted by Crippen LogP contribution is 2.38. The van der Waals surface area contributed by atoms with Gasteiger partial charge >= 0.3 is 0 Å². The molecule has 1 aliphatic heterocycles. The van der Waals surface area contributed by atoms with E-state index in [4.69, 9.17) is 9.26 Å². The molecule has 0 spiro atoms. The zero-order valence-electron chi connectivity index (χ0n) is 14.7. The number of amides is 1. The molecule has 6 nitrogen and oxygen atoms in total. The average molecular weight is 361 g/mol. The van der Waals surface area contributed by atoms with Crippen molar-refractivity contribution < 1.29 is 14.1 Å². The number of aromatic nitrogens is 2. The molecule has 6 heteroatoms. The van der Waals surface area contributed by atoms with Gasteiger partial charge in [-0.3, -0.25) is 4.79 Å². The summed E-state index contributed by atoms with van der Waals surface area (Å²) in [4.78, 5) is 17.3. The molecule has 0 radical (unpaired) electrons. The minimum absolute atomic E-state index is 0.111. The number of fused-ring (bicyclic) bond motifs is 1. The number of ether oxygens (including phenoxy) is 1. The highest BCUT2D eigenvalue weighted by Gasteiger charge is 2.45. The zero-order chi connectivity index (χ0) is 18.2. The van der Waals surface area contributed by atoms with Crippen molar-refractivity contribution in [1.82, 2.24) is 15.5 Å². The molecule has 1 N–H and O–H groups in total. The fourth-order valence-electron chi connectivity index (χ4n) is 3.91. The molecule has 2 aliphatic rings. The van der Waals surface area contributed by atoms with Gasteiger partial charge in [0.05, 0.1) is 17.2 Å². The molecule has 2 aromatic carbocycles. The van der Waals surface area contributed by atoms with Crippen molar-refractivity contribution in [3.8, 4) is 22.8 Å². The van der Waals surface area contributed by atoms with E-state index in [1.165, 1.54) is 0 Å². The Kier molecular flexibility index (Phi) is 3.98. The molecule has 2 fully saturated rings. The van der Waals surface area contributed by atoms with Crippen LogP contribution in [-0.2, 0) is 4.74 Å². The summed E-state index contributed by atoms with van der Waals surface area (Å²) in [6.45, 7) is 0.794. The first-order chi connectivity index (χ1) is 13.3. The van der Waals surface area contributed by atoms with E-state index in [0.29, 0.717) is 34.9 Å². The first kappa shape index (κ1) is 16.2. The van der Waals surface area contributed by atoms with Crippen LogP contribution in [0.1, 0.15) is 23.2 Å². The lowest BCUT2D eigenvalue weighted by molar-refractivity contribution is 0.00810. The van der Waals surface area contributed by atoms with E-state index in [2.05, 4.69) is 15.5 Å². The van der Waals surface area contributed by atoms with Gasteiger partial charge in [-0.15, -0.1) is 0 Å². The summed E-state index contributed by atoms with van der Waals surface area (Å²) < 4.78 is 11.1. The van der Waals surface area contributed by atoms with Crippen molar-refractivity contribution in [2.45, 2.75) is 25.0 Å². The smallest absolute Gasteiger partial charge is 0.259 e. The number of benzene rings is 2. The van der Waals surface area contributed by atoms with E-state index in [0.717, 1.165) is 25.0 Å². The molecule has 1 amide bonds. The van der Waals surface area contributed by atoms with Gasteiger partial charge in [0, 0.05) is 24.1 Å². The topological polar surface area (TPSA) is 77.2 Å². The molecule has 1 saturated heterocycles. The maximum Gasteiger partial charge on any atom is 0.259 e. The van der Waals surface area contributed by atoms with Crippen molar-refractivity contribution in [1.29, 1.82) is 0 Å². The molecule has 0 unspecified atom stereocenters. The number of nitrogens with zero attached hydrogens (tertiary/aromatic N) is 2. The van der Waals surface area contributed by atoms with Crippen LogP contribution < -0.4 is 5.32 Å². The predicted molar refractivity (Wildman–Crippen MR) is 98.9 cm³/mol. The molecule has 0 bridgehead atoms. The van der Waals surface area contributed by atoms with Crippen molar-refractivity contribution in [3.63, 3.8) is 0 Å². The number of hydrogen-bond donors (Lipinski definition) is 1. The van der Waals surface area contributed by atoms with Gasteiger partial charge in [0.2, 0.25) is 5.82 Å². The number of nitrogens with one attached hydrogen (secondary N) is 1. The van der Waals surface area contributed by atoms with Gasteiger partial charge in [-0.2, -0.15) is 4.98 Å². The summed E-state index contributed by atoms with van der Waals surface area (Å²) in [6.07, 6.45) is 2.22. The maximum absolute atomic E-state index is 12.9.